The second-order valence-corrected chi connectivity index (χ2v) is 9.80. The first kappa shape index (κ1) is 26.1. The van der Waals surface area contributed by atoms with Gasteiger partial charge in [0.25, 0.3) is 0 Å². The van der Waals surface area contributed by atoms with Gasteiger partial charge in [-0.15, -0.1) is 0 Å². The third-order valence-corrected chi connectivity index (χ3v) is 7.19. The zero-order valence-electron chi connectivity index (χ0n) is 21.2. The number of carbonyl (C=O) groups is 2. The molecule has 2 N–H and O–H groups in total. The van der Waals surface area contributed by atoms with Crippen LogP contribution in [0.1, 0.15) is 85.3 Å². The SMILES string of the molecule is C=O.Cc1cc(C(C)N(C)C)n(C2CC2)n1.O=C(Cc1c2c(cc3c1CCC3)CCC2)NCO.[HH]. The molecule has 0 bridgehead atoms. The molecule has 1 fully saturated rings. The number of aryl methyl sites for hydroxylation is 3. The van der Waals surface area contributed by atoms with Gasteiger partial charge >= 0.3 is 0 Å². The lowest BCUT2D eigenvalue weighted by Crippen LogP contribution is -2.26. The topological polar surface area (TPSA) is 87.5 Å². The number of carbonyl (C=O) groups excluding carboxylic acids is 2. The predicted molar refractivity (Wildman–Crippen MR) is 136 cm³/mol. The van der Waals surface area contributed by atoms with E-state index in [1.165, 1.54) is 59.2 Å². The first-order valence-corrected chi connectivity index (χ1v) is 12.4. The van der Waals surface area contributed by atoms with Gasteiger partial charge in [0, 0.05) is 7.47 Å². The summed E-state index contributed by atoms with van der Waals surface area (Å²) in [6, 6.07) is 5.72. The van der Waals surface area contributed by atoms with Crippen LogP contribution in [0, 0.1) is 6.92 Å². The largest absolute Gasteiger partial charge is 0.377 e. The second kappa shape index (κ2) is 11.8. The van der Waals surface area contributed by atoms with Gasteiger partial charge in [0.15, 0.2) is 0 Å². The minimum atomic E-state index is -0.268. The van der Waals surface area contributed by atoms with Crippen molar-refractivity contribution >= 4 is 12.7 Å². The smallest absolute Gasteiger partial charge is 0.226 e. The molecule has 1 aromatic carbocycles. The van der Waals surface area contributed by atoms with Crippen molar-refractivity contribution in [2.45, 2.75) is 83.7 Å². The van der Waals surface area contributed by atoms with E-state index in [1.54, 1.807) is 0 Å². The van der Waals surface area contributed by atoms with E-state index in [1.807, 2.05) is 6.79 Å². The van der Waals surface area contributed by atoms with E-state index in [0.29, 0.717) is 18.5 Å². The van der Waals surface area contributed by atoms with Gasteiger partial charge < -0.3 is 20.1 Å². The van der Waals surface area contributed by atoms with Gasteiger partial charge in [0.05, 0.1) is 23.9 Å². The number of amides is 1. The summed E-state index contributed by atoms with van der Waals surface area (Å²) in [5, 5.41) is 15.8. The molecule has 0 aliphatic heterocycles. The van der Waals surface area contributed by atoms with Crippen molar-refractivity contribution in [3.05, 3.63) is 51.3 Å². The molecule has 34 heavy (non-hydrogen) atoms. The number of nitrogens with zero attached hydrogens (tertiary/aromatic N) is 3. The minimum absolute atomic E-state index is 0. The molecule has 1 atom stereocenters. The number of aliphatic hydroxyl groups is 1. The van der Waals surface area contributed by atoms with Crippen LogP contribution in [-0.4, -0.2) is 53.3 Å². The number of aliphatic hydroxyl groups excluding tert-OH is 1. The van der Waals surface area contributed by atoms with Gasteiger partial charge in [-0.2, -0.15) is 5.10 Å². The second-order valence-electron chi connectivity index (χ2n) is 9.80. The average Bonchev–Trinajstić information content (AvgIpc) is 3.19. The Hall–Kier alpha value is -2.51. The first-order chi connectivity index (χ1) is 16.4. The van der Waals surface area contributed by atoms with E-state index in [-0.39, 0.29) is 14.1 Å². The maximum absolute atomic E-state index is 11.7. The summed E-state index contributed by atoms with van der Waals surface area (Å²) in [6.07, 6.45) is 10.0. The molecule has 3 aliphatic carbocycles. The molecule has 0 saturated heterocycles. The molecule has 0 radical (unpaired) electrons. The van der Waals surface area contributed by atoms with Gasteiger partial charge in [0.1, 0.15) is 13.5 Å². The Kier molecular flexibility index (Phi) is 9.03. The maximum Gasteiger partial charge on any atom is 0.226 e. The Morgan fingerprint density at radius 1 is 1.18 bits per heavy atom. The van der Waals surface area contributed by atoms with Crippen LogP contribution in [0.2, 0.25) is 0 Å². The highest BCUT2D eigenvalue weighted by molar-refractivity contribution is 5.79. The van der Waals surface area contributed by atoms with Crippen molar-refractivity contribution in [3.8, 4) is 0 Å². The number of benzene rings is 1. The fourth-order valence-corrected chi connectivity index (χ4v) is 5.18. The number of hydrogen-bond acceptors (Lipinski definition) is 5. The van der Waals surface area contributed by atoms with Crippen molar-refractivity contribution in [2.75, 3.05) is 20.8 Å². The number of aromatic nitrogens is 2. The summed E-state index contributed by atoms with van der Waals surface area (Å²) in [6.45, 7) is 6.04. The summed E-state index contributed by atoms with van der Waals surface area (Å²) in [7, 11) is 4.23. The molecule has 5 rings (SSSR count). The molecule has 1 heterocycles. The highest BCUT2D eigenvalue weighted by Gasteiger charge is 2.29. The Labute approximate surface area is 205 Å². The molecule has 3 aliphatic rings. The van der Waals surface area contributed by atoms with Gasteiger partial charge in [0.2, 0.25) is 5.91 Å². The Morgan fingerprint density at radius 3 is 2.26 bits per heavy atom. The van der Waals surface area contributed by atoms with Crippen molar-refractivity contribution in [1.82, 2.24) is 20.0 Å². The standard InChI is InChI=1S/C15H19NO2.C11H19N3.CH2O.H2/c17-9-16-15(18)8-14-12-5-1-3-10(12)7-11-4-2-6-13(11)14;1-8-7-11(9(2)13(3)4)14(12-8)10-5-6-10;1-2;/h7,17H,1-6,8-9H2,(H,16,18);7,9-10H,5-6H2,1-4H3;1H2;1H. The summed E-state index contributed by atoms with van der Waals surface area (Å²) in [5.74, 6) is -0.0631. The van der Waals surface area contributed by atoms with E-state index >= 15 is 0 Å². The van der Waals surface area contributed by atoms with Gasteiger partial charge in [-0.05, 0) is 113 Å². The van der Waals surface area contributed by atoms with Crippen LogP contribution >= 0.6 is 0 Å². The van der Waals surface area contributed by atoms with E-state index in [9.17, 15) is 4.79 Å². The van der Waals surface area contributed by atoms with Crippen molar-refractivity contribution in [3.63, 3.8) is 0 Å². The van der Waals surface area contributed by atoms with E-state index in [2.05, 4.69) is 60.1 Å². The van der Waals surface area contributed by atoms with Crippen LogP contribution in [-0.2, 0) is 41.7 Å². The molecule has 1 aromatic heterocycles. The molecular formula is C27H42N4O3. The lowest BCUT2D eigenvalue weighted by molar-refractivity contribution is -0.121. The minimum Gasteiger partial charge on any atom is -0.377 e. The molecule has 2 aromatic rings. The molecule has 7 nitrogen and oxygen atoms in total. The molecule has 7 heteroatoms. The van der Waals surface area contributed by atoms with Crippen molar-refractivity contribution < 1.29 is 16.1 Å². The van der Waals surface area contributed by atoms with Crippen molar-refractivity contribution in [1.29, 1.82) is 0 Å². The summed E-state index contributed by atoms with van der Waals surface area (Å²) in [4.78, 5) is 22.0. The molecule has 0 spiro atoms. The Balaban J connectivity index is 0.000000231. The zero-order chi connectivity index (χ0) is 24.8. The van der Waals surface area contributed by atoms with Crippen LogP contribution in [0.15, 0.2) is 12.1 Å². The molecule has 188 valence electrons. The summed E-state index contributed by atoms with van der Waals surface area (Å²) < 4.78 is 2.22. The van der Waals surface area contributed by atoms with Crippen molar-refractivity contribution in [2.24, 2.45) is 0 Å². The summed E-state index contributed by atoms with van der Waals surface area (Å²) >= 11 is 0. The lowest BCUT2D eigenvalue weighted by Gasteiger charge is -2.20. The third-order valence-electron chi connectivity index (χ3n) is 7.19. The predicted octanol–water partition coefficient (Wildman–Crippen LogP) is 3.48. The number of fused-ring (bicyclic) bond motifs is 2. The van der Waals surface area contributed by atoms with Crippen LogP contribution in [0.25, 0.3) is 0 Å². The van der Waals surface area contributed by atoms with Crippen LogP contribution in [0.4, 0.5) is 0 Å². The fraction of sp³-hybridized carbons (Fsp3) is 0.593. The van der Waals surface area contributed by atoms with E-state index in [4.69, 9.17) is 9.90 Å². The van der Waals surface area contributed by atoms with E-state index < -0.39 is 0 Å². The average molecular weight is 471 g/mol. The van der Waals surface area contributed by atoms with Crippen LogP contribution < -0.4 is 5.32 Å². The third kappa shape index (κ3) is 5.94. The first-order valence-electron chi connectivity index (χ1n) is 12.4. The van der Waals surface area contributed by atoms with Gasteiger partial charge in [-0.1, -0.05) is 6.07 Å². The number of nitrogens with one attached hydrogen (secondary N) is 1. The summed E-state index contributed by atoms with van der Waals surface area (Å²) in [5.41, 5.74) is 9.52. The lowest BCUT2D eigenvalue weighted by atomic mass is 9.92. The monoisotopic (exact) mass is 470 g/mol. The molecular weight excluding hydrogens is 428 g/mol. The maximum atomic E-state index is 11.7. The molecule has 1 unspecified atom stereocenters. The molecule has 1 saturated carbocycles. The normalized spacial score (nSPS) is 16.6. The Bertz CT molecular complexity index is 969. The highest BCUT2D eigenvalue weighted by atomic mass is 16.3. The molecule has 1 amide bonds. The number of rotatable bonds is 6. The van der Waals surface area contributed by atoms with Crippen LogP contribution in [0.3, 0.4) is 0 Å². The van der Waals surface area contributed by atoms with Gasteiger partial charge in [-0.3, -0.25) is 9.48 Å². The van der Waals surface area contributed by atoms with Crippen LogP contribution in [0.5, 0.6) is 0 Å². The Morgan fingerprint density at radius 2 is 1.76 bits per heavy atom. The fourth-order valence-electron chi connectivity index (χ4n) is 5.18. The zero-order valence-corrected chi connectivity index (χ0v) is 21.2. The van der Waals surface area contributed by atoms with Gasteiger partial charge in [-0.25, -0.2) is 0 Å². The highest BCUT2D eigenvalue weighted by Crippen LogP contribution is 2.37. The van der Waals surface area contributed by atoms with E-state index in [0.717, 1.165) is 31.4 Å². The number of hydrogen-bond donors (Lipinski definition) is 2. The quantitative estimate of drug-likeness (QED) is 0.631.